The summed E-state index contributed by atoms with van der Waals surface area (Å²) in [6.07, 6.45) is 8.24. The Labute approximate surface area is 264 Å². The number of halogens is 3. The van der Waals surface area contributed by atoms with Gasteiger partial charge >= 0.3 is 0 Å². The van der Waals surface area contributed by atoms with Gasteiger partial charge in [0.1, 0.15) is 27.2 Å². The van der Waals surface area contributed by atoms with Crippen molar-refractivity contribution < 1.29 is 90.3 Å². The number of hydrogen-bond acceptors (Lipinski definition) is 1. The largest absolute Gasteiger partial charge is 1.00 e. The number of aryl methyl sites for hydroxylation is 2. The highest BCUT2D eigenvalue weighted by Crippen LogP contribution is 2.26. The zero-order valence-corrected chi connectivity index (χ0v) is 27.4. The van der Waals surface area contributed by atoms with Crippen LogP contribution in [0.5, 0.6) is 0 Å². The molecule has 0 unspecified atom stereocenters. The van der Waals surface area contributed by atoms with Gasteiger partial charge in [0.2, 0.25) is 11.0 Å². The average molecular weight is 817 g/mol. The maximum Gasteiger partial charge on any atom is 0.212 e. The number of pyridine rings is 2. The number of carbonyl (C=O) groups excluding carboxylic acids is 1. The molecule has 188 valence electrons. The second-order valence-electron chi connectivity index (χ2n) is 9.79. The highest BCUT2D eigenvalue weighted by Gasteiger charge is 2.33. The van der Waals surface area contributed by atoms with Crippen LogP contribution < -0.4 is 81.1 Å². The lowest BCUT2D eigenvalue weighted by molar-refractivity contribution is -0.881. The van der Waals surface area contributed by atoms with E-state index in [1.165, 1.54) is 21.8 Å². The van der Waals surface area contributed by atoms with Crippen molar-refractivity contribution >= 4 is 39.7 Å². The summed E-state index contributed by atoms with van der Waals surface area (Å²) in [5, 5.41) is 2.35. The summed E-state index contributed by atoms with van der Waals surface area (Å²) in [6.45, 7) is 1.45. The van der Waals surface area contributed by atoms with Crippen LogP contribution in [0.2, 0.25) is 0 Å². The number of benzene rings is 2. The van der Waals surface area contributed by atoms with Crippen molar-refractivity contribution in [3.8, 4) is 0 Å². The Morgan fingerprint density at radius 3 is 1.53 bits per heavy atom. The Bertz CT molecular complexity index is 1380. The molecule has 4 nitrogen and oxygen atoms in total. The number of rotatable bonds is 2. The highest BCUT2D eigenvalue weighted by atomic mass is 127. The fourth-order valence-corrected chi connectivity index (χ4v) is 4.90. The SMILES string of the molecule is C[n+]1cccc2cc(/C=C3\C[N+](C)(C)C/C(=C\c4ccc5c(ccc[n+]5C)c4)C3=O)ccc21.[I-].[I-].[I-]. The van der Waals surface area contributed by atoms with E-state index < -0.39 is 0 Å². The van der Waals surface area contributed by atoms with Crippen LogP contribution in [0, 0.1) is 0 Å². The molecular formula is C29H30I3N3O. The lowest BCUT2D eigenvalue weighted by atomic mass is 9.93. The number of aromatic nitrogens is 2. The van der Waals surface area contributed by atoms with Gasteiger partial charge in [0.15, 0.2) is 18.2 Å². The first-order valence-corrected chi connectivity index (χ1v) is 11.3. The standard InChI is InChI=1S/C29H30N3O.3HI/c1-30-13-5-7-23-15-21(9-11-27(23)30)17-25-19-32(3,4)20-26(29(25)33)18-22-10-12-28-24(16-22)8-6-14-31(28)2;;;/h5-18H,19-20H2,1-4H3;3*1H/q+3;;;/p-3/b25-17+,26-18+;;;. The molecule has 36 heavy (non-hydrogen) atoms. The van der Waals surface area contributed by atoms with E-state index in [-0.39, 0.29) is 77.7 Å². The number of carbonyl (C=O) groups is 1. The van der Waals surface area contributed by atoms with Gasteiger partial charge in [0.05, 0.1) is 25.2 Å². The number of likely N-dealkylation sites (N-methyl/N-ethyl adjacent to an activating group) is 1. The first-order chi connectivity index (χ1) is 15.8. The molecule has 1 saturated heterocycles. The summed E-state index contributed by atoms with van der Waals surface area (Å²) in [6, 6.07) is 21.1. The Hall–Kier alpha value is -1.44. The van der Waals surface area contributed by atoms with Crippen LogP contribution >= 0.6 is 0 Å². The van der Waals surface area contributed by atoms with Crippen molar-refractivity contribution in [3.05, 3.63) is 95.3 Å². The zero-order valence-electron chi connectivity index (χ0n) is 20.9. The molecule has 3 heterocycles. The number of Topliss-reactive ketones (excluding diaryl/α,β-unsaturated/α-hetero) is 1. The van der Waals surface area contributed by atoms with Gasteiger partial charge in [0, 0.05) is 35.0 Å². The number of quaternary nitrogens is 1. The molecule has 5 rings (SSSR count). The molecule has 0 radical (unpaired) electrons. The third kappa shape index (κ3) is 6.51. The molecule has 0 aliphatic carbocycles. The van der Waals surface area contributed by atoms with E-state index in [0.29, 0.717) is 0 Å². The summed E-state index contributed by atoms with van der Waals surface area (Å²) < 4.78 is 4.99. The minimum absolute atomic E-state index is 0. The van der Waals surface area contributed by atoms with E-state index >= 15 is 0 Å². The van der Waals surface area contributed by atoms with E-state index in [0.717, 1.165) is 39.8 Å². The van der Waals surface area contributed by atoms with Gasteiger partial charge in [-0.2, -0.15) is 0 Å². The van der Waals surface area contributed by atoms with Crippen LogP contribution in [0.1, 0.15) is 11.1 Å². The van der Waals surface area contributed by atoms with Gasteiger partial charge in [-0.15, -0.1) is 0 Å². The first-order valence-electron chi connectivity index (χ1n) is 11.3. The number of likely N-dealkylation sites (tertiary alicyclic amines) is 1. The fourth-order valence-electron chi connectivity index (χ4n) is 4.90. The van der Waals surface area contributed by atoms with Crippen molar-refractivity contribution in [2.24, 2.45) is 14.1 Å². The highest BCUT2D eigenvalue weighted by molar-refractivity contribution is 6.14. The predicted molar refractivity (Wildman–Crippen MR) is 133 cm³/mol. The molecule has 4 aromatic rings. The molecule has 0 spiro atoms. The van der Waals surface area contributed by atoms with Gasteiger partial charge in [-0.1, -0.05) is 0 Å². The number of nitrogens with zero attached hydrogens (tertiary/aromatic N) is 3. The lowest BCUT2D eigenvalue weighted by Gasteiger charge is -2.35. The first kappa shape index (κ1) is 30.8. The smallest absolute Gasteiger partial charge is 0.212 e. The molecule has 0 amide bonds. The minimum Gasteiger partial charge on any atom is -1.00 e. The zero-order chi connectivity index (χ0) is 23.2. The normalized spacial score (nSPS) is 16.9. The molecule has 2 aromatic carbocycles. The van der Waals surface area contributed by atoms with E-state index in [4.69, 9.17) is 0 Å². The van der Waals surface area contributed by atoms with Gasteiger partial charge in [-0.3, -0.25) is 4.79 Å². The van der Waals surface area contributed by atoms with E-state index in [2.05, 4.69) is 123 Å². The monoisotopic (exact) mass is 817 g/mol. The Balaban J connectivity index is 0.00000152. The van der Waals surface area contributed by atoms with Crippen molar-refractivity contribution in [3.63, 3.8) is 0 Å². The fraction of sp³-hybridized carbons (Fsp3) is 0.207. The Morgan fingerprint density at radius 2 is 1.11 bits per heavy atom. The molecule has 7 heteroatoms. The van der Waals surface area contributed by atoms with Crippen LogP contribution in [0.3, 0.4) is 0 Å². The number of piperidine rings is 1. The van der Waals surface area contributed by atoms with Crippen LogP contribution in [0.25, 0.3) is 34.0 Å². The summed E-state index contributed by atoms with van der Waals surface area (Å²) in [5.41, 5.74) is 6.22. The molecule has 1 aliphatic heterocycles. The molecule has 0 atom stereocenters. The van der Waals surface area contributed by atoms with Crippen LogP contribution in [-0.2, 0) is 18.9 Å². The van der Waals surface area contributed by atoms with Gasteiger partial charge in [-0.05, 0) is 59.7 Å². The summed E-state index contributed by atoms with van der Waals surface area (Å²) in [5.74, 6) is 0.157. The number of ketones is 1. The van der Waals surface area contributed by atoms with Crippen LogP contribution in [0.15, 0.2) is 84.2 Å². The van der Waals surface area contributed by atoms with Crippen molar-refractivity contribution in [1.29, 1.82) is 0 Å². The van der Waals surface area contributed by atoms with Gasteiger partial charge in [-0.25, -0.2) is 9.13 Å². The lowest BCUT2D eigenvalue weighted by Crippen LogP contribution is -3.00. The quantitative estimate of drug-likeness (QED) is 0.0862. The summed E-state index contributed by atoms with van der Waals surface area (Å²) >= 11 is 0. The molecule has 2 aromatic heterocycles. The predicted octanol–water partition coefficient (Wildman–Crippen LogP) is -5.22. The minimum atomic E-state index is 0. The second-order valence-corrected chi connectivity index (χ2v) is 9.79. The Morgan fingerprint density at radius 1 is 0.694 bits per heavy atom. The van der Waals surface area contributed by atoms with E-state index in [1.807, 2.05) is 0 Å². The molecule has 0 saturated carbocycles. The van der Waals surface area contributed by atoms with Crippen molar-refractivity contribution in [1.82, 2.24) is 0 Å². The molecule has 1 aliphatic rings. The molecule has 1 fully saturated rings. The second kappa shape index (κ2) is 12.4. The van der Waals surface area contributed by atoms with E-state index in [9.17, 15) is 4.79 Å². The Kier molecular flexibility index (Phi) is 10.6. The third-order valence-corrected chi connectivity index (χ3v) is 6.50. The molecule has 0 bridgehead atoms. The summed E-state index contributed by atoms with van der Waals surface area (Å²) in [7, 11) is 8.48. The van der Waals surface area contributed by atoms with Crippen molar-refractivity contribution in [2.75, 3.05) is 27.2 Å². The molecule has 0 N–H and O–H groups in total. The number of fused-ring (bicyclic) bond motifs is 2. The van der Waals surface area contributed by atoms with Crippen molar-refractivity contribution in [2.45, 2.75) is 0 Å². The average Bonchev–Trinajstić information content (AvgIpc) is 2.77. The van der Waals surface area contributed by atoms with Gasteiger partial charge in [0.25, 0.3) is 0 Å². The molecular weight excluding hydrogens is 787 g/mol. The van der Waals surface area contributed by atoms with Gasteiger partial charge < -0.3 is 76.4 Å². The van der Waals surface area contributed by atoms with Crippen LogP contribution in [-0.4, -0.2) is 37.5 Å². The third-order valence-electron chi connectivity index (χ3n) is 6.50. The van der Waals surface area contributed by atoms with E-state index in [1.54, 1.807) is 0 Å². The van der Waals surface area contributed by atoms with Crippen LogP contribution in [0.4, 0.5) is 0 Å². The topological polar surface area (TPSA) is 24.8 Å². The summed E-state index contributed by atoms with van der Waals surface area (Å²) in [4.78, 5) is 13.5. The number of hydrogen-bond donors (Lipinski definition) is 0. The maximum atomic E-state index is 13.5. The maximum absolute atomic E-state index is 13.5.